The molecule has 0 heterocycles. The van der Waals surface area contributed by atoms with E-state index in [1.165, 1.54) is 6.92 Å². The van der Waals surface area contributed by atoms with Crippen molar-refractivity contribution in [1.82, 2.24) is 10.9 Å². The minimum Gasteiger partial charge on any atom is -0.261 e. The van der Waals surface area contributed by atoms with E-state index in [0.29, 0.717) is 0 Å². The summed E-state index contributed by atoms with van der Waals surface area (Å²) < 4.78 is 51.3. The molecule has 0 saturated heterocycles. The Hall–Kier alpha value is -0.620. The van der Waals surface area contributed by atoms with Crippen LogP contribution in [0.3, 0.4) is 0 Å². The van der Waals surface area contributed by atoms with Crippen LogP contribution in [0, 0.1) is 11.8 Å². The lowest BCUT2D eigenvalue weighted by atomic mass is 9.77. The number of hydrogen-bond donors (Lipinski definition) is 2. The molecule has 0 unspecified atom stereocenters. The van der Waals surface area contributed by atoms with Gasteiger partial charge in [0.15, 0.2) is 0 Å². The Bertz CT molecular complexity index is 285. The number of allylic oxidation sites excluding steroid dienone is 1. The van der Waals surface area contributed by atoms with E-state index in [-0.39, 0.29) is 12.3 Å². The first-order valence-electron chi connectivity index (χ1n) is 5.17. The van der Waals surface area contributed by atoms with Crippen LogP contribution in [0.2, 0.25) is 0 Å². The van der Waals surface area contributed by atoms with E-state index in [9.17, 15) is 17.6 Å². The predicted molar refractivity (Wildman–Crippen MR) is 53.1 cm³/mol. The number of alkyl halides is 3. The van der Waals surface area contributed by atoms with Crippen LogP contribution in [0.25, 0.3) is 0 Å². The third kappa shape index (κ3) is 2.55. The molecule has 1 aliphatic rings. The summed E-state index contributed by atoms with van der Waals surface area (Å²) in [5.41, 5.74) is 4.35. The van der Waals surface area contributed by atoms with Gasteiger partial charge in [0.2, 0.25) is 0 Å². The summed E-state index contributed by atoms with van der Waals surface area (Å²) in [5.74, 6) is -2.09. The molecule has 0 saturated carbocycles. The second-order valence-corrected chi connectivity index (χ2v) is 4.21. The number of halogens is 4. The van der Waals surface area contributed by atoms with Crippen LogP contribution in [0.1, 0.15) is 20.3 Å². The fourth-order valence-electron chi connectivity index (χ4n) is 2.28. The number of rotatable bonds is 2. The van der Waals surface area contributed by atoms with E-state index in [1.807, 2.05) is 0 Å². The number of hydrazine groups is 1. The molecular formula is C10H16F4N2. The first-order chi connectivity index (χ1) is 7.29. The maximum atomic E-state index is 13.4. The van der Waals surface area contributed by atoms with Gasteiger partial charge in [-0.25, -0.2) is 4.39 Å². The van der Waals surface area contributed by atoms with Crippen molar-refractivity contribution < 1.29 is 17.6 Å². The summed E-state index contributed by atoms with van der Waals surface area (Å²) in [4.78, 5) is 0. The summed E-state index contributed by atoms with van der Waals surface area (Å²) in [6.07, 6.45) is -4.75. The first kappa shape index (κ1) is 13.4. The van der Waals surface area contributed by atoms with Crippen molar-refractivity contribution in [2.24, 2.45) is 11.8 Å². The molecule has 1 rings (SSSR count). The van der Waals surface area contributed by atoms with E-state index >= 15 is 0 Å². The monoisotopic (exact) mass is 240 g/mol. The van der Waals surface area contributed by atoms with Gasteiger partial charge in [-0.2, -0.15) is 13.2 Å². The van der Waals surface area contributed by atoms with Crippen LogP contribution in [0.15, 0.2) is 11.4 Å². The SMILES string of the molecule is CNN[C@H]1[C@H](C)CC(F)=C(C(F)(F)F)[C@@H]1C. The third-order valence-electron chi connectivity index (χ3n) is 3.02. The Labute approximate surface area is 92.1 Å². The maximum Gasteiger partial charge on any atom is 0.415 e. The van der Waals surface area contributed by atoms with Gasteiger partial charge in [0.05, 0.1) is 5.57 Å². The van der Waals surface area contributed by atoms with Gasteiger partial charge >= 0.3 is 6.18 Å². The molecule has 0 aliphatic heterocycles. The molecule has 94 valence electrons. The third-order valence-corrected chi connectivity index (χ3v) is 3.02. The molecule has 0 amide bonds. The highest BCUT2D eigenvalue weighted by atomic mass is 19.4. The first-order valence-corrected chi connectivity index (χ1v) is 5.17. The van der Waals surface area contributed by atoms with Crippen LogP contribution >= 0.6 is 0 Å². The summed E-state index contributed by atoms with van der Waals surface area (Å²) in [6.45, 7) is 3.13. The molecule has 0 aromatic rings. The van der Waals surface area contributed by atoms with Gasteiger partial charge in [0.25, 0.3) is 0 Å². The van der Waals surface area contributed by atoms with Crippen LogP contribution in [0.5, 0.6) is 0 Å². The molecule has 0 aromatic carbocycles. The lowest BCUT2D eigenvalue weighted by Gasteiger charge is -2.36. The molecule has 2 nitrogen and oxygen atoms in total. The lowest BCUT2D eigenvalue weighted by Crippen LogP contribution is -2.50. The number of hydrogen-bond acceptors (Lipinski definition) is 2. The molecular weight excluding hydrogens is 224 g/mol. The van der Waals surface area contributed by atoms with Crippen LogP contribution in [0.4, 0.5) is 17.6 Å². The van der Waals surface area contributed by atoms with Gasteiger partial charge in [-0.05, 0) is 13.0 Å². The van der Waals surface area contributed by atoms with Crippen molar-refractivity contribution in [3.8, 4) is 0 Å². The Morgan fingerprint density at radius 2 is 1.81 bits per heavy atom. The highest BCUT2D eigenvalue weighted by Crippen LogP contribution is 2.43. The molecule has 16 heavy (non-hydrogen) atoms. The standard InChI is InChI=1S/C10H16F4N2/c1-5-4-7(11)8(10(12,13)14)6(2)9(5)16-15-3/h5-6,9,15-16H,4H2,1-3H3/t5-,6+,9+/m1/s1. The van der Waals surface area contributed by atoms with E-state index in [1.54, 1.807) is 14.0 Å². The lowest BCUT2D eigenvalue weighted by molar-refractivity contribution is -0.105. The van der Waals surface area contributed by atoms with Crippen LogP contribution in [-0.4, -0.2) is 19.3 Å². The van der Waals surface area contributed by atoms with E-state index in [0.717, 1.165) is 0 Å². The van der Waals surface area contributed by atoms with Crippen molar-refractivity contribution in [3.05, 3.63) is 11.4 Å². The zero-order valence-electron chi connectivity index (χ0n) is 9.45. The average Bonchev–Trinajstić information content (AvgIpc) is 2.09. The molecule has 6 heteroatoms. The Balaban J connectivity index is 3.02. The van der Waals surface area contributed by atoms with E-state index < -0.39 is 29.5 Å². The normalized spacial score (nSPS) is 32.1. The Kier molecular flexibility index (Phi) is 3.96. The highest BCUT2D eigenvalue weighted by molar-refractivity contribution is 5.23. The van der Waals surface area contributed by atoms with E-state index in [2.05, 4.69) is 10.9 Å². The molecule has 3 atom stereocenters. The van der Waals surface area contributed by atoms with Crippen LogP contribution < -0.4 is 10.9 Å². The molecule has 0 radical (unpaired) electrons. The van der Waals surface area contributed by atoms with Gasteiger partial charge in [0.1, 0.15) is 5.83 Å². The summed E-state index contributed by atoms with van der Waals surface area (Å²) in [6, 6.07) is -0.416. The minimum atomic E-state index is -4.59. The second-order valence-electron chi connectivity index (χ2n) is 4.21. The van der Waals surface area contributed by atoms with Crippen molar-refractivity contribution in [2.75, 3.05) is 7.05 Å². The van der Waals surface area contributed by atoms with Crippen molar-refractivity contribution in [2.45, 2.75) is 32.5 Å². The smallest absolute Gasteiger partial charge is 0.261 e. The number of nitrogens with one attached hydrogen (secondary N) is 2. The molecule has 0 spiro atoms. The quantitative estimate of drug-likeness (QED) is 0.572. The van der Waals surface area contributed by atoms with E-state index in [4.69, 9.17) is 0 Å². The maximum absolute atomic E-state index is 13.4. The molecule has 0 fully saturated rings. The zero-order valence-corrected chi connectivity index (χ0v) is 9.45. The largest absolute Gasteiger partial charge is 0.415 e. The molecule has 2 N–H and O–H groups in total. The van der Waals surface area contributed by atoms with Crippen LogP contribution in [-0.2, 0) is 0 Å². The highest BCUT2D eigenvalue weighted by Gasteiger charge is 2.46. The van der Waals surface area contributed by atoms with Gasteiger partial charge in [-0.3, -0.25) is 10.9 Å². The molecule has 0 aromatic heterocycles. The van der Waals surface area contributed by atoms with Crippen molar-refractivity contribution in [1.29, 1.82) is 0 Å². The fraction of sp³-hybridized carbons (Fsp3) is 0.800. The zero-order chi connectivity index (χ0) is 12.5. The fourth-order valence-corrected chi connectivity index (χ4v) is 2.28. The topological polar surface area (TPSA) is 24.1 Å². The average molecular weight is 240 g/mol. The van der Waals surface area contributed by atoms with Gasteiger partial charge < -0.3 is 0 Å². The molecule has 0 bridgehead atoms. The minimum absolute atomic E-state index is 0.168. The Morgan fingerprint density at radius 3 is 2.25 bits per heavy atom. The van der Waals surface area contributed by atoms with Gasteiger partial charge in [-0.1, -0.05) is 13.8 Å². The predicted octanol–water partition coefficient (Wildman–Crippen LogP) is 2.54. The summed E-state index contributed by atoms with van der Waals surface area (Å²) in [5, 5.41) is 0. The summed E-state index contributed by atoms with van der Waals surface area (Å²) in [7, 11) is 1.58. The summed E-state index contributed by atoms with van der Waals surface area (Å²) >= 11 is 0. The van der Waals surface area contributed by atoms with Gasteiger partial charge in [0, 0.05) is 18.4 Å². The molecule has 1 aliphatic carbocycles. The van der Waals surface area contributed by atoms with Gasteiger partial charge in [-0.15, -0.1) is 0 Å². The van der Waals surface area contributed by atoms with Crippen molar-refractivity contribution >= 4 is 0 Å². The Morgan fingerprint density at radius 1 is 1.25 bits per heavy atom. The second kappa shape index (κ2) is 4.71. The van der Waals surface area contributed by atoms with Crippen molar-refractivity contribution in [3.63, 3.8) is 0 Å².